The van der Waals surface area contributed by atoms with Crippen molar-refractivity contribution in [2.24, 2.45) is 0 Å². The zero-order valence-corrected chi connectivity index (χ0v) is 16.4. The third-order valence-corrected chi connectivity index (χ3v) is 5.85. The largest absolute Gasteiger partial charge is 0.394 e. The maximum absolute atomic E-state index is 13.1. The number of amides is 2. The quantitative estimate of drug-likeness (QED) is 0.600. The van der Waals surface area contributed by atoms with Crippen LogP contribution in [-0.4, -0.2) is 73.9 Å². The molecule has 7 heteroatoms. The van der Waals surface area contributed by atoms with E-state index in [-0.39, 0.29) is 11.8 Å². The number of carbonyl (C=O) groups is 2. The van der Waals surface area contributed by atoms with E-state index in [0.29, 0.717) is 19.8 Å². The molecular formula is C21H31N3O4. The number of benzene rings is 1. The molecule has 1 aliphatic heterocycles. The molecule has 154 valence electrons. The van der Waals surface area contributed by atoms with E-state index in [4.69, 9.17) is 4.74 Å². The van der Waals surface area contributed by atoms with Gasteiger partial charge in [-0.25, -0.2) is 0 Å². The zero-order chi connectivity index (χ0) is 19.8. The summed E-state index contributed by atoms with van der Waals surface area (Å²) in [5.41, 5.74) is 0.373. The number of nitrogens with one attached hydrogen (secondary N) is 2. The lowest BCUT2D eigenvalue weighted by atomic mass is 9.78. The lowest BCUT2D eigenvalue weighted by Crippen LogP contribution is -2.54. The Labute approximate surface area is 166 Å². The van der Waals surface area contributed by atoms with Crippen LogP contribution in [0.1, 0.15) is 31.2 Å². The van der Waals surface area contributed by atoms with Gasteiger partial charge in [0.15, 0.2) is 0 Å². The monoisotopic (exact) mass is 389 g/mol. The first-order valence-corrected chi connectivity index (χ1v) is 10.2. The summed E-state index contributed by atoms with van der Waals surface area (Å²) >= 11 is 0. The predicted octanol–water partition coefficient (Wildman–Crippen LogP) is 0.424. The molecule has 28 heavy (non-hydrogen) atoms. The Balaban J connectivity index is 1.56. The summed E-state index contributed by atoms with van der Waals surface area (Å²) in [6.07, 6.45) is 3.50. The number of morpholine rings is 1. The molecule has 0 aromatic heterocycles. The molecular weight excluding hydrogens is 358 g/mol. The molecule has 2 aliphatic rings. The van der Waals surface area contributed by atoms with Crippen LogP contribution in [0.2, 0.25) is 0 Å². The van der Waals surface area contributed by atoms with Gasteiger partial charge in [-0.3, -0.25) is 14.5 Å². The van der Waals surface area contributed by atoms with E-state index in [1.54, 1.807) is 0 Å². The third kappa shape index (κ3) is 4.90. The Bertz CT molecular complexity index is 640. The Morgan fingerprint density at radius 1 is 1.14 bits per heavy atom. The maximum atomic E-state index is 13.1. The van der Waals surface area contributed by atoms with Crippen molar-refractivity contribution in [3.05, 3.63) is 35.9 Å². The molecule has 1 saturated heterocycles. The second-order valence-corrected chi connectivity index (χ2v) is 7.61. The smallest absolute Gasteiger partial charge is 0.245 e. The number of hydrogen-bond acceptors (Lipinski definition) is 5. The first-order chi connectivity index (χ1) is 13.7. The van der Waals surface area contributed by atoms with Crippen molar-refractivity contribution < 1.29 is 19.4 Å². The number of aliphatic hydroxyl groups excluding tert-OH is 1. The predicted molar refractivity (Wildman–Crippen MR) is 106 cm³/mol. The summed E-state index contributed by atoms with van der Waals surface area (Å²) < 4.78 is 5.31. The molecule has 0 radical (unpaired) electrons. The highest BCUT2D eigenvalue weighted by Crippen LogP contribution is 2.41. The van der Waals surface area contributed by atoms with Gasteiger partial charge in [0.1, 0.15) is 6.04 Å². The first-order valence-electron chi connectivity index (χ1n) is 10.2. The maximum Gasteiger partial charge on any atom is 0.245 e. The molecule has 1 atom stereocenters. The van der Waals surface area contributed by atoms with Crippen molar-refractivity contribution in [3.63, 3.8) is 0 Å². The van der Waals surface area contributed by atoms with Crippen molar-refractivity contribution in [2.45, 2.75) is 37.1 Å². The van der Waals surface area contributed by atoms with Crippen LogP contribution < -0.4 is 10.6 Å². The van der Waals surface area contributed by atoms with Crippen LogP contribution in [0.15, 0.2) is 30.3 Å². The summed E-state index contributed by atoms with van der Waals surface area (Å²) in [6, 6.07) is 8.82. The topological polar surface area (TPSA) is 90.9 Å². The summed E-state index contributed by atoms with van der Waals surface area (Å²) in [5, 5.41) is 15.3. The molecule has 7 nitrogen and oxygen atoms in total. The van der Waals surface area contributed by atoms with Crippen LogP contribution in [0.3, 0.4) is 0 Å². The molecule has 1 saturated carbocycles. The van der Waals surface area contributed by atoms with Crippen molar-refractivity contribution in [1.29, 1.82) is 0 Å². The number of hydrogen-bond donors (Lipinski definition) is 3. The van der Waals surface area contributed by atoms with Crippen molar-refractivity contribution >= 4 is 11.8 Å². The van der Waals surface area contributed by atoms with Crippen LogP contribution in [0, 0.1) is 0 Å². The molecule has 1 aromatic rings. The highest BCUT2D eigenvalue weighted by Gasteiger charge is 2.43. The normalized spacial score (nSPS) is 20.5. The van der Waals surface area contributed by atoms with Crippen molar-refractivity contribution in [3.8, 4) is 0 Å². The fourth-order valence-corrected chi connectivity index (χ4v) is 4.16. The molecule has 2 amide bonds. The molecule has 1 aromatic carbocycles. The van der Waals surface area contributed by atoms with Crippen LogP contribution in [0.4, 0.5) is 0 Å². The van der Waals surface area contributed by atoms with Gasteiger partial charge in [0.05, 0.1) is 25.2 Å². The number of carbonyl (C=O) groups excluding carboxylic acids is 2. The Morgan fingerprint density at radius 3 is 2.46 bits per heavy atom. The fourth-order valence-electron chi connectivity index (χ4n) is 4.16. The van der Waals surface area contributed by atoms with Crippen LogP contribution in [-0.2, 0) is 19.7 Å². The molecule has 0 spiro atoms. The summed E-state index contributed by atoms with van der Waals surface area (Å²) in [4.78, 5) is 27.8. The van der Waals surface area contributed by atoms with E-state index in [2.05, 4.69) is 15.5 Å². The average molecular weight is 389 g/mol. The second-order valence-electron chi connectivity index (χ2n) is 7.61. The third-order valence-electron chi connectivity index (χ3n) is 5.85. The Morgan fingerprint density at radius 2 is 1.82 bits per heavy atom. The van der Waals surface area contributed by atoms with E-state index in [1.165, 1.54) is 0 Å². The lowest BCUT2D eigenvalue weighted by molar-refractivity contribution is -0.133. The van der Waals surface area contributed by atoms with E-state index in [0.717, 1.165) is 50.9 Å². The molecule has 3 rings (SSSR count). The summed E-state index contributed by atoms with van der Waals surface area (Å²) in [6.45, 7) is 3.94. The minimum absolute atomic E-state index is 0.168. The minimum atomic E-state index is -0.932. The second kappa shape index (κ2) is 10.0. The van der Waals surface area contributed by atoms with Gasteiger partial charge in [-0.15, -0.1) is 0 Å². The van der Waals surface area contributed by atoms with Gasteiger partial charge in [-0.2, -0.15) is 0 Å². The highest BCUT2D eigenvalue weighted by molar-refractivity contribution is 5.93. The van der Waals surface area contributed by atoms with Gasteiger partial charge in [0, 0.05) is 26.2 Å². The van der Waals surface area contributed by atoms with Gasteiger partial charge in [0.2, 0.25) is 11.8 Å². The van der Waals surface area contributed by atoms with Crippen LogP contribution in [0.5, 0.6) is 0 Å². The molecule has 0 bridgehead atoms. The van der Waals surface area contributed by atoms with Crippen molar-refractivity contribution in [2.75, 3.05) is 46.0 Å². The molecule has 1 unspecified atom stereocenters. The molecule has 1 heterocycles. The lowest BCUT2D eigenvalue weighted by Gasteiger charge is -2.30. The molecule has 3 N–H and O–H groups in total. The Hall–Kier alpha value is -1.96. The van der Waals surface area contributed by atoms with Crippen LogP contribution >= 0.6 is 0 Å². The Kier molecular flexibility index (Phi) is 7.42. The fraction of sp³-hybridized carbons (Fsp3) is 0.619. The number of nitrogens with zero attached hydrogens (tertiary/aromatic N) is 1. The first kappa shape index (κ1) is 20.8. The van der Waals surface area contributed by atoms with E-state index in [1.807, 2.05) is 30.3 Å². The van der Waals surface area contributed by atoms with Gasteiger partial charge < -0.3 is 20.5 Å². The number of aliphatic hydroxyl groups is 1. The van der Waals surface area contributed by atoms with Crippen molar-refractivity contribution in [1.82, 2.24) is 15.5 Å². The van der Waals surface area contributed by atoms with E-state index >= 15 is 0 Å². The SMILES string of the molecule is O=C(NCCN1CCOCC1)C(CO)NC(=O)C1(c2ccccc2)CCCC1. The highest BCUT2D eigenvalue weighted by atomic mass is 16.5. The van der Waals surface area contributed by atoms with Gasteiger partial charge in [-0.1, -0.05) is 43.2 Å². The van der Waals surface area contributed by atoms with Gasteiger partial charge in [0.25, 0.3) is 0 Å². The summed E-state index contributed by atoms with van der Waals surface area (Å²) in [5.74, 6) is -0.510. The summed E-state index contributed by atoms with van der Waals surface area (Å²) in [7, 11) is 0. The zero-order valence-electron chi connectivity index (χ0n) is 16.4. The van der Waals surface area contributed by atoms with Crippen LogP contribution in [0.25, 0.3) is 0 Å². The van der Waals surface area contributed by atoms with Gasteiger partial charge in [-0.05, 0) is 18.4 Å². The molecule has 1 aliphatic carbocycles. The van der Waals surface area contributed by atoms with E-state index in [9.17, 15) is 14.7 Å². The van der Waals surface area contributed by atoms with Gasteiger partial charge >= 0.3 is 0 Å². The average Bonchev–Trinajstić information content (AvgIpc) is 3.24. The number of ether oxygens (including phenoxy) is 1. The number of rotatable bonds is 8. The standard InChI is InChI=1S/C21H31N3O4/c25-16-18(19(26)22-10-11-24-12-14-28-15-13-24)23-20(27)21(8-4-5-9-21)17-6-2-1-3-7-17/h1-3,6-7,18,25H,4-5,8-16H2,(H,22,26)(H,23,27). The van der Waals surface area contributed by atoms with E-state index < -0.39 is 18.1 Å². The minimum Gasteiger partial charge on any atom is -0.394 e. The molecule has 2 fully saturated rings.